The van der Waals surface area contributed by atoms with Crippen LogP contribution in [0.3, 0.4) is 0 Å². The van der Waals surface area contributed by atoms with E-state index in [0.29, 0.717) is 28.9 Å². The molecule has 186 valence electrons. The van der Waals surface area contributed by atoms with Crippen LogP contribution in [0.4, 0.5) is 8.78 Å². The molecule has 0 fully saturated rings. The van der Waals surface area contributed by atoms with Crippen LogP contribution in [0.2, 0.25) is 5.02 Å². The van der Waals surface area contributed by atoms with Gasteiger partial charge in [0.2, 0.25) is 11.8 Å². The molecule has 0 aliphatic carbocycles. The van der Waals surface area contributed by atoms with Gasteiger partial charge in [0.05, 0.1) is 19.5 Å². The van der Waals surface area contributed by atoms with Crippen LogP contribution in [0, 0.1) is 11.6 Å². The summed E-state index contributed by atoms with van der Waals surface area (Å²) in [6.45, 7) is 4.33. The van der Waals surface area contributed by atoms with Gasteiger partial charge in [0.25, 0.3) is 0 Å². The molecule has 0 N–H and O–H groups in total. The van der Waals surface area contributed by atoms with Crippen LogP contribution in [0.15, 0.2) is 90.4 Å². The van der Waals surface area contributed by atoms with Crippen LogP contribution in [0.25, 0.3) is 29.0 Å². The van der Waals surface area contributed by atoms with Crippen molar-refractivity contribution in [2.75, 3.05) is 0 Å². The van der Waals surface area contributed by atoms with Gasteiger partial charge in [0.15, 0.2) is 0 Å². The minimum atomic E-state index is -0.683. The number of ether oxygens (including phenoxy) is 1. The summed E-state index contributed by atoms with van der Waals surface area (Å²) in [5, 5.41) is 8.99. The van der Waals surface area contributed by atoms with Crippen molar-refractivity contribution < 1.29 is 17.9 Å². The number of hydrogen-bond acceptors (Lipinski definition) is 5. The molecule has 2 aromatic heterocycles. The Morgan fingerprint density at radius 2 is 1.84 bits per heavy atom. The number of aromatic nitrogens is 4. The molecule has 1 atom stereocenters. The highest BCUT2D eigenvalue weighted by Crippen LogP contribution is 2.30. The molecule has 5 rings (SSSR count). The maximum atomic E-state index is 14.6. The van der Waals surface area contributed by atoms with Gasteiger partial charge in [-0.3, -0.25) is 0 Å². The predicted octanol–water partition coefficient (Wildman–Crippen LogP) is 7.13. The van der Waals surface area contributed by atoms with E-state index in [-0.39, 0.29) is 12.2 Å². The molecule has 0 saturated carbocycles. The molecule has 0 radical (unpaired) electrons. The molecule has 5 aromatic rings. The van der Waals surface area contributed by atoms with Gasteiger partial charge >= 0.3 is 0 Å². The van der Waals surface area contributed by atoms with Crippen molar-refractivity contribution in [3.63, 3.8) is 0 Å². The van der Waals surface area contributed by atoms with Crippen molar-refractivity contribution in [2.45, 2.75) is 19.3 Å². The first-order valence-corrected chi connectivity index (χ1v) is 11.8. The molecule has 0 spiro atoms. The van der Waals surface area contributed by atoms with Gasteiger partial charge in [-0.05, 0) is 47.5 Å². The van der Waals surface area contributed by atoms with Crippen molar-refractivity contribution in [1.82, 2.24) is 19.7 Å². The van der Waals surface area contributed by atoms with Crippen LogP contribution < -0.4 is 0 Å². The number of nitrogens with zero attached hydrogens (tertiary/aromatic N) is 4. The lowest BCUT2D eigenvalue weighted by Crippen LogP contribution is -2.14. The second kappa shape index (κ2) is 10.9. The molecular weight excluding hydrogens is 498 g/mol. The second-order valence-electron chi connectivity index (χ2n) is 8.27. The van der Waals surface area contributed by atoms with Crippen molar-refractivity contribution in [2.24, 2.45) is 0 Å². The molecule has 9 heteroatoms. The van der Waals surface area contributed by atoms with Crippen molar-refractivity contribution >= 4 is 17.7 Å². The van der Waals surface area contributed by atoms with Crippen LogP contribution >= 0.6 is 11.6 Å². The summed E-state index contributed by atoms with van der Waals surface area (Å²) in [5.74, 6) is -0.644. The SMILES string of the molecule is C=Cc1ccc(COC(Cn2ccnc2)c2ccc(F)cc2F)cc1-c1nnc(-c2ccc(Cl)cc2)o1. The van der Waals surface area contributed by atoms with Gasteiger partial charge in [-0.1, -0.05) is 42.5 Å². The summed E-state index contributed by atoms with van der Waals surface area (Å²) < 4.78 is 42.0. The monoisotopic (exact) mass is 518 g/mol. The average Bonchev–Trinajstić information content (AvgIpc) is 3.60. The molecule has 0 aliphatic heterocycles. The average molecular weight is 519 g/mol. The molecule has 0 saturated heterocycles. The fraction of sp³-hybridized carbons (Fsp3) is 0.107. The van der Waals surface area contributed by atoms with E-state index in [2.05, 4.69) is 21.8 Å². The smallest absolute Gasteiger partial charge is 0.248 e. The van der Waals surface area contributed by atoms with E-state index >= 15 is 0 Å². The Morgan fingerprint density at radius 1 is 1.03 bits per heavy atom. The van der Waals surface area contributed by atoms with Crippen LogP contribution in [0.5, 0.6) is 0 Å². The van der Waals surface area contributed by atoms with E-state index in [1.54, 1.807) is 53.6 Å². The highest BCUT2D eigenvalue weighted by atomic mass is 35.5. The minimum Gasteiger partial charge on any atom is -0.416 e. The van der Waals surface area contributed by atoms with E-state index in [1.165, 1.54) is 12.1 Å². The summed E-state index contributed by atoms with van der Waals surface area (Å²) in [7, 11) is 0. The third kappa shape index (κ3) is 5.66. The van der Waals surface area contributed by atoms with E-state index in [9.17, 15) is 8.78 Å². The van der Waals surface area contributed by atoms with Crippen molar-refractivity contribution in [1.29, 1.82) is 0 Å². The van der Waals surface area contributed by atoms with Gasteiger partial charge in [0.1, 0.15) is 17.7 Å². The fourth-order valence-electron chi connectivity index (χ4n) is 3.88. The van der Waals surface area contributed by atoms with E-state index in [1.807, 2.05) is 18.2 Å². The first-order chi connectivity index (χ1) is 18.0. The molecule has 0 amide bonds. The quantitative estimate of drug-likeness (QED) is 0.207. The molecular formula is C28H21ClF2N4O2. The zero-order chi connectivity index (χ0) is 25.8. The summed E-state index contributed by atoms with van der Waals surface area (Å²) >= 11 is 5.97. The summed E-state index contributed by atoms with van der Waals surface area (Å²) in [6, 6.07) is 16.2. The van der Waals surface area contributed by atoms with Gasteiger partial charge in [-0.25, -0.2) is 13.8 Å². The molecule has 3 aromatic carbocycles. The largest absolute Gasteiger partial charge is 0.416 e. The fourth-order valence-corrected chi connectivity index (χ4v) is 4.01. The standard InChI is InChI=1S/C28H21ClF2N4O2/c1-2-19-4-3-18(13-24(19)28-34-33-27(37-28)20-5-7-21(29)8-6-20)16-36-26(15-35-12-11-32-17-35)23-10-9-22(30)14-25(23)31/h2-14,17,26H,1,15-16H2. The number of halogens is 3. The van der Waals surface area contributed by atoms with E-state index in [0.717, 1.165) is 22.8 Å². The molecule has 6 nitrogen and oxygen atoms in total. The lowest BCUT2D eigenvalue weighted by Gasteiger charge is -2.20. The highest BCUT2D eigenvalue weighted by Gasteiger charge is 2.19. The first kappa shape index (κ1) is 24.5. The zero-order valence-corrected chi connectivity index (χ0v) is 20.3. The lowest BCUT2D eigenvalue weighted by atomic mass is 10.0. The molecule has 1 unspecified atom stereocenters. The molecule has 0 aliphatic rings. The third-order valence-corrected chi connectivity index (χ3v) is 6.03. The maximum absolute atomic E-state index is 14.6. The van der Waals surface area contributed by atoms with Crippen LogP contribution in [-0.4, -0.2) is 19.7 Å². The van der Waals surface area contributed by atoms with Crippen molar-refractivity contribution in [3.05, 3.63) is 119 Å². The number of benzene rings is 3. The minimum absolute atomic E-state index is 0.152. The van der Waals surface area contributed by atoms with Crippen LogP contribution in [-0.2, 0) is 17.9 Å². The number of rotatable bonds is 9. The highest BCUT2D eigenvalue weighted by molar-refractivity contribution is 6.30. The molecule has 37 heavy (non-hydrogen) atoms. The third-order valence-electron chi connectivity index (χ3n) is 5.78. The van der Waals surface area contributed by atoms with Gasteiger partial charge in [0, 0.05) is 40.2 Å². The normalized spacial score (nSPS) is 12.0. The van der Waals surface area contributed by atoms with E-state index in [4.69, 9.17) is 20.8 Å². The Balaban J connectivity index is 1.40. The van der Waals surface area contributed by atoms with Gasteiger partial charge in [-0.2, -0.15) is 0 Å². The number of imidazole rings is 1. The summed E-state index contributed by atoms with van der Waals surface area (Å²) in [5.41, 5.74) is 3.27. The molecule has 2 heterocycles. The predicted molar refractivity (Wildman–Crippen MR) is 136 cm³/mol. The van der Waals surface area contributed by atoms with Gasteiger partial charge < -0.3 is 13.7 Å². The Morgan fingerprint density at radius 3 is 2.57 bits per heavy atom. The Bertz CT molecular complexity index is 1520. The Kier molecular flexibility index (Phi) is 7.20. The first-order valence-electron chi connectivity index (χ1n) is 11.4. The molecule has 0 bridgehead atoms. The van der Waals surface area contributed by atoms with E-state index < -0.39 is 17.7 Å². The van der Waals surface area contributed by atoms with Crippen LogP contribution in [0.1, 0.15) is 22.8 Å². The van der Waals surface area contributed by atoms with Gasteiger partial charge in [-0.15, -0.1) is 10.2 Å². The Hall–Kier alpha value is -4.14. The maximum Gasteiger partial charge on any atom is 0.248 e. The summed E-state index contributed by atoms with van der Waals surface area (Å²) in [4.78, 5) is 4.03. The zero-order valence-electron chi connectivity index (χ0n) is 19.5. The second-order valence-corrected chi connectivity index (χ2v) is 8.71. The number of hydrogen-bond donors (Lipinski definition) is 0. The topological polar surface area (TPSA) is 66.0 Å². The Labute approximate surface area is 216 Å². The van der Waals surface area contributed by atoms with Crippen molar-refractivity contribution in [3.8, 4) is 22.9 Å². The lowest BCUT2D eigenvalue weighted by molar-refractivity contribution is 0.0256. The summed E-state index contributed by atoms with van der Waals surface area (Å²) in [6.07, 6.45) is 6.01.